The van der Waals surface area contributed by atoms with Crippen molar-refractivity contribution in [1.29, 1.82) is 0 Å². The number of Topliss-reactive ketones (excluding diaryl/α,β-unsaturated/α-hetero) is 1. The minimum atomic E-state index is -1.33. The number of hydrogen-bond acceptors (Lipinski definition) is 6. The van der Waals surface area contributed by atoms with Gasteiger partial charge in [-0.05, 0) is 61.1 Å². The zero-order chi connectivity index (χ0) is 22.0. The molecule has 3 aromatic rings. The van der Waals surface area contributed by atoms with Crippen LogP contribution in [-0.4, -0.2) is 20.5 Å². The molecule has 0 bridgehead atoms. The number of carboxylic acid groups (broad SMARTS) is 1. The summed E-state index contributed by atoms with van der Waals surface area (Å²) in [4.78, 5) is 26.0. The number of ketones is 1. The number of aromatic nitrogens is 2. The maximum Gasteiger partial charge on any atom is 1.00 e. The molecule has 160 valence electrons. The smallest absolute Gasteiger partial charge is 0.545 e. The van der Waals surface area contributed by atoms with E-state index in [9.17, 15) is 14.7 Å². The number of rotatable bonds is 6. The first kappa shape index (κ1) is 24.8. The van der Waals surface area contributed by atoms with Gasteiger partial charge in [-0.3, -0.25) is 4.79 Å². The summed E-state index contributed by atoms with van der Waals surface area (Å²) < 4.78 is 8.42. The number of allylic oxidation sites excluding steroid dienone is 1. The topological polar surface area (TPSA) is 83.0 Å². The molecule has 1 aliphatic rings. The van der Waals surface area contributed by atoms with Crippen LogP contribution in [0.4, 0.5) is 0 Å². The Morgan fingerprint density at radius 3 is 2.31 bits per heavy atom. The molecular weight excluding hydrogens is 431 g/mol. The summed E-state index contributed by atoms with van der Waals surface area (Å²) in [7, 11) is 0. The van der Waals surface area contributed by atoms with Crippen molar-refractivity contribution in [2.24, 2.45) is 5.92 Å². The van der Waals surface area contributed by atoms with Gasteiger partial charge in [0.25, 0.3) is 0 Å². The number of fused-ring (bicyclic) bond motifs is 1. The standard InChI is InChI=1S/C25H26N2O3S.Na/c1-15-8-9-19(12-16(15)2)24(28)20(13-17-6-4-3-5-7-17)23(25(29)30)18-10-11-21-22(14-18)27-31-26-21;/h8-12,14,17H,3-7,13H2,1-2H3,(H,29,30);/q;+1/p-1. The Labute approximate surface area is 214 Å². The maximum atomic E-state index is 13.6. The van der Waals surface area contributed by atoms with Crippen molar-refractivity contribution in [2.45, 2.75) is 52.4 Å². The molecule has 5 nitrogen and oxygen atoms in total. The first-order valence-corrected chi connectivity index (χ1v) is 11.5. The van der Waals surface area contributed by atoms with Gasteiger partial charge in [0.1, 0.15) is 11.0 Å². The Hall–Kier alpha value is -1.86. The predicted octanol–water partition coefficient (Wildman–Crippen LogP) is 1.67. The third kappa shape index (κ3) is 5.37. The number of hydrogen-bond donors (Lipinski definition) is 0. The fourth-order valence-electron chi connectivity index (χ4n) is 4.40. The molecule has 0 atom stereocenters. The molecular formula is C25H25N2NaO3S. The van der Waals surface area contributed by atoms with Gasteiger partial charge in [0.05, 0.1) is 17.7 Å². The van der Waals surface area contributed by atoms with Gasteiger partial charge in [-0.1, -0.05) is 50.3 Å². The molecule has 1 fully saturated rings. The summed E-state index contributed by atoms with van der Waals surface area (Å²) in [5.74, 6) is -1.26. The average Bonchev–Trinajstić information content (AvgIpc) is 3.23. The zero-order valence-corrected chi connectivity index (χ0v) is 21.6. The third-order valence-corrected chi connectivity index (χ3v) is 6.87. The van der Waals surface area contributed by atoms with Gasteiger partial charge >= 0.3 is 29.6 Å². The summed E-state index contributed by atoms with van der Waals surface area (Å²) in [5.41, 5.74) is 4.70. The zero-order valence-electron chi connectivity index (χ0n) is 18.8. The molecule has 7 heteroatoms. The molecule has 4 rings (SSSR count). The Morgan fingerprint density at radius 2 is 1.62 bits per heavy atom. The third-order valence-electron chi connectivity index (χ3n) is 6.31. The van der Waals surface area contributed by atoms with Crippen LogP contribution in [0.1, 0.15) is 65.6 Å². The molecule has 2 aromatic carbocycles. The van der Waals surface area contributed by atoms with E-state index >= 15 is 0 Å². The average molecular weight is 457 g/mol. The summed E-state index contributed by atoms with van der Waals surface area (Å²) in [6.45, 7) is 3.95. The van der Waals surface area contributed by atoms with E-state index in [2.05, 4.69) is 8.75 Å². The van der Waals surface area contributed by atoms with Crippen LogP contribution in [0, 0.1) is 19.8 Å². The van der Waals surface area contributed by atoms with Crippen LogP contribution < -0.4 is 34.7 Å². The van der Waals surface area contributed by atoms with Crippen LogP contribution in [0.15, 0.2) is 42.0 Å². The second kappa shape index (κ2) is 10.8. The molecule has 0 radical (unpaired) electrons. The van der Waals surface area contributed by atoms with Crippen molar-refractivity contribution < 1.29 is 44.3 Å². The molecule has 0 saturated heterocycles. The molecule has 0 aliphatic heterocycles. The van der Waals surface area contributed by atoms with Gasteiger partial charge in [-0.2, -0.15) is 8.75 Å². The van der Waals surface area contributed by atoms with E-state index in [1.54, 1.807) is 24.3 Å². The number of aliphatic carboxylic acids is 1. The van der Waals surface area contributed by atoms with Crippen LogP contribution in [0.5, 0.6) is 0 Å². The monoisotopic (exact) mass is 456 g/mol. The van der Waals surface area contributed by atoms with Gasteiger partial charge in [0.2, 0.25) is 0 Å². The van der Waals surface area contributed by atoms with Gasteiger partial charge in [0, 0.05) is 16.7 Å². The number of carboxylic acids is 1. The van der Waals surface area contributed by atoms with Gasteiger partial charge in [-0.25, -0.2) is 0 Å². The van der Waals surface area contributed by atoms with Gasteiger partial charge in [0.15, 0.2) is 5.78 Å². The summed E-state index contributed by atoms with van der Waals surface area (Å²) in [6.07, 6.45) is 5.90. The molecule has 1 aliphatic carbocycles. The molecule has 1 heterocycles. The second-order valence-corrected chi connectivity index (χ2v) is 8.97. The first-order valence-electron chi connectivity index (χ1n) is 10.7. The molecule has 1 saturated carbocycles. The SMILES string of the molecule is Cc1ccc(C(=O)C(CC2CCCCC2)=C(C(=O)[O-])c2ccc3nsnc3c2)cc1C.[Na+]. The van der Waals surface area contributed by atoms with Gasteiger partial charge in [-0.15, -0.1) is 0 Å². The molecule has 0 amide bonds. The number of carbonyl (C=O) groups excluding carboxylic acids is 2. The van der Waals surface area contributed by atoms with Gasteiger partial charge < -0.3 is 9.90 Å². The number of benzene rings is 2. The van der Waals surface area contributed by atoms with E-state index in [0.717, 1.165) is 48.5 Å². The Kier molecular flexibility index (Phi) is 8.39. The Morgan fingerprint density at radius 1 is 0.938 bits per heavy atom. The molecule has 0 unspecified atom stereocenters. The van der Waals surface area contributed by atoms with Crippen LogP contribution in [0.25, 0.3) is 16.6 Å². The van der Waals surface area contributed by atoms with Crippen molar-refractivity contribution in [3.63, 3.8) is 0 Å². The number of aryl methyl sites for hydroxylation is 2. The second-order valence-electron chi connectivity index (χ2n) is 8.45. The van der Waals surface area contributed by atoms with Crippen LogP contribution in [-0.2, 0) is 4.79 Å². The van der Waals surface area contributed by atoms with E-state index in [1.165, 1.54) is 6.42 Å². The van der Waals surface area contributed by atoms with E-state index in [0.29, 0.717) is 40.1 Å². The summed E-state index contributed by atoms with van der Waals surface area (Å²) >= 11 is 1.08. The maximum absolute atomic E-state index is 13.6. The van der Waals surface area contributed by atoms with Crippen LogP contribution in [0.2, 0.25) is 0 Å². The molecule has 1 aromatic heterocycles. The van der Waals surface area contributed by atoms with Crippen molar-refractivity contribution in [3.8, 4) is 0 Å². The van der Waals surface area contributed by atoms with Crippen molar-refractivity contribution >= 4 is 40.1 Å². The number of carbonyl (C=O) groups is 2. The van der Waals surface area contributed by atoms with E-state index in [1.807, 2.05) is 26.0 Å². The number of nitrogens with zero attached hydrogens (tertiary/aromatic N) is 2. The minimum absolute atomic E-state index is 0. The van der Waals surface area contributed by atoms with Crippen molar-refractivity contribution in [2.75, 3.05) is 0 Å². The molecule has 32 heavy (non-hydrogen) atoms. The summed E-state index contributed by atoms with van der Waals surface area (Å²) in [6, 6.07) is 10.7. The van der Waals surface area contributed by atoms with E-state index in [-0.39, 0.29) is 40.9 Å². The van der Waals surface area contributed by atoms with E-state index < -0.39 is 5.97 Å². The van der Waals surface area contributed by atoms with E-state index in [4.69, 9.17) is 0 Å². The van der Waals surface area contributed by atoms with Crippen molar-refractivity contribution in [1.82, 2.24) is 8.75 Å². The molecule has 0 spiro atoms. The van der Waals surface area contributed by atoms with Crippen LogP contribution in [0.3, 0.4) is 0 Å². The van der Waals surface area contributed by atoms with Crippen LogP contribution >= 0.6 is 11.7 Å². The summed E-state index contributed by atoms with van der Waals surface area (Å²) in [5, 5.41) is 12.4. The first-order chi connectivity index (χ1) is 14.9. The Balaban J connectivity index is 0.00000289. The molecule has 0 N–H and O–H groups in total. The predicted molar refractivity (Wildman–Crippen MR) is 121 cm³/mol. The fourth-order valence-corrected chi connectivity index (χ4v) is 4.92. The normalized spacial score (nSPS) is 15.2. The quantitative estimate of drug-likeness (QED) is 0.320. The largest absolute Gasteiger partial charge is 1.00 e. The van der Waals surface area contributed by atoms with Crippen molar-refractivity contribution in [3.05, 3.63) is 64.2 Å². The fraction of sp³-hybridized carbons (Fsp3) is 0.360. The Bertz CT molecular complexity index is 1180. The minimum Gasteiger partial charge on any atom is -0.545 e.